The van der Waals surface area contributed by atoms with Gasteiger partial charge >= 0.3 is 6.03 Å². The summed E-state index contributed by atoms with van der Waals surface area (Å²) < 4.78 is 2.09. The van der Waals surface area contributed by atoms with E-state index < -0.39 is 0 Å². The summed E-state index contributed by atoms with van der Waals surface area (Å²) in [5, 5.41) is 11.7. The standard InChI is InChI=1S/C31H39N9O/c1-21-4-3-5-24(18-21)36-31(41)33-19-22-6-8-23(9-7-22)28-27-29(32)34-20-35-30(27)40(37-28)26-12-10-25(11-13-26)39-16-14-38(2)15-17-39/h3-9,18,20,25-26H,10-17,19H2,1-2H3,(H2,32,34,35)(H2,33,36,41). The highest BCUT2D eigenvalue weighted by Gasteiger charge is 2.30. The first kappa shape index (κ1) is 27.2. The second-order valence-corrected chi connectivity index (χ2v) is 11.4. The van der Waals surface area contributed by atoms with Crippen molar-refractivity contribution in [3.05, 3.63) is 66.0 Å². The number of carbonyl (C=O) groups is 1. The highest BCUT2D eigenvalue weighted by atomic mass is 16.2. The van der Waals surface area contributed by atoms with Gasteiger partial charge in [0.1, 0.15) is 17.8 Å². The summed E-state index contributed by atoms with van der Waals surface area (Å²) in [4.78, 5) is 26.4. The molecule has 2 aliphatic rings. The Morgan fingerprint density at radius 1 is 0.976 bits per heavy atom. The zero-order chi connectivity index (χ0) is 28.3. The fraction of sp³-hybridized carbons (Fsp3) is 0.419. The first-order chi connectivity index (χ1) is 19.9. The van der Waals surface area contributed by atoms with E-state index in [0.29, 0.717) is 24.4 Å². The van der Waals surface area contributed by atoms with Crippen molar-refractivity contribution in [2.75, 3.05) is 44.3 Å². The van der Waals surface area contributed by atoms with Gasteiger partial charge < -0.3 is 21.3 Å². The van der Waals surface area contributed by atoms with Gasteiger partial charge in [-0.05, 0) is 62.9 Å². The second-order valence-electron chi connectivity index (χ2n) is 11.4. The molecule has 2 fully saturated rings. The molecule has 1 saturated heterocycles. The Labute approximate surface area is 240 Å². The lowest BCUT2D eigenvalue weighted by molar-refractivity contribution is 0.0815. The molecule has 2 amide bonds. The van der Waals surface area contributed by atoms with E-state index in [1.807, 2.05) is 55.5 Å². The minimum Gasteiger partial charge on any atom is -0.383 e. The molecule has 0 atom stereocenters. The molecule has 6 rings (SSSR count). The van der Waals surface area contributed by atoms with Crippen LogP contribution < -0.4 is 16.4 Å². The van der Waals surface area contributed by atoms with Crippen LogP contribution in [0.25, 0.3) is 22.3 Å². The molecule has 0 radical (unpaired) electrons. The molecular formula is C31H39N9O. The number of anilines is 2. The predicted molar refractivity (Wildman–Crippen MR) is 163 cm³/mol. The van der Waals surface area contributed by atoms with E-state index in [4.69, 9.17) is 10.8 Å². The molecule has 1 saturated carbocycles. The van der Waals surface area contributed by atoms with Crippen LogP contribution >= 0.6 is 0 Å². The van der Waals surface area contributed by atoms with Gasteiger partial charge in [-0.15, -0.1) is 0 Å². The van der Waals surface area contributed by atoms with Crippen molar-refractivity contribution in [1.29, 1.82) is 0 Å². The van der Waals surface area contributed by atoms with Crippen LogP contribution in [0, 0.1) is 6.92 Å². The zero-order valence-corrected chi connectivity index (χ0v) is 23.9. The molecule has 0 spiro atoms. The van der Waals surface area contributed by atoms with E-state index in [9.17, 15) is 4.79 Å². The molecule has 0 bridgehead atoms. The summed E-state index contributed by atoms with van der Waals surface area (Å²) >= 11 is 0. The minimum atomic E-state index is -0.239. The largest absolute Gasteiger partial charge is 0.383 e. The van der Waals surface area contributed by atoms with E-state index >= 15 is 0 Å². The van der Waals surface area contributed by atoms with Gasteiger partial charge in [-0.1, -0.05) is 36.4 Å². The van der Waals surface area contributed by atoms with Crippen LogP contribution in [0.5, 0.6) is 0 Å². The van der Waals surface area contributed by atoms with Crippen LogP contribution in [0.4, 0.5) is 16.3 Å². The second kappa shape index (κ2) is 11.8. The third-order valence-corrected chi connectivity index (χ3v) is 8.54. The summed E-state index contributed by atoms with van der Waals surface area (Å²) in [6.45, 7) is 7.03. The summed E-state index contributed by atoms with van der Waals surface area (Å²) in [7, 11) is 2.21. The lowest BCUT2D eigenvalue weighted by Gasteiger charge is -2.41. The summed E-state index contributed by atoms with van der Waals surface area (Å²) in [5.74, 6) is 0.445. The number of aromatic nitrogens is 4. The fourth-order valence-corrected chi connectivity index (χ4v) is 6.17. The molecule has 214 valence electrons. The fourth-order valence-electron chi connectivity index (χ4n) is 6.17. The SMILES string of the molecule is Cc1cccc(NC(=O)NCc2ccc(-c3nn(C4CCC(N5CCN(C)CC5)CC4)c4ncnc(N)c34)cc2)c1. The third kappa shape index (κ3) is 6.03. The van der Waals surface area contributed by atoms with Crippen molar-refractivity contribution in [2.45, 2.75) is 51.2 Å². The van der Waals surface area contributed by atoms with E-state index in [1.54, 1.807) is 0 Å². The van der Waals surface area contributed by atoms with E-state index in [2.05, 4.69) is 42.1 Å². The Kier molecular flexibility index (Phi) is 7.84. The maximum Gasteiger partial charge on any atom is 0.319 e. The molecule has 41 heavy (non-hydrogen) atoms. The number of fused-ring (bicyclic) bond motifs is 1. The Morgan fingerprint density at radius 2 is 1.71 bits per heavy atom. The Morgan fingerprint density at radius 3 is 2.44 bits per heavy atom. The number of likely N-dealkylation sites (N-methyl/N-ethyl adjacent to an activating group) is 1. The number of piperazine rings is 1. The van der Waals surface area contributed by atoms with E-state index in [0.717, 1.165) is 78.1 Å². The Balaban J connectivity index is 1.14. The molecule has 3 heterocycles. The monoisotopic (exact) mass is 553 g/mol. The topological polar surface area (TPSA) is 117 Å². The minimum absolute atomic E-state index is 0.239. The van der Waals surface area contributed by atoms with Crippen LogP contribution in [-0.4, -0.2) is 74.8 Å². The molecule has 10 nitrogen and oxygen atoms in total. The molecule has 2 aromatic carbocycles. The number of rotatable bonds is 6. The third-order valence-electron chi connectivity index (χ3n) is 8.54. The smallest absolute Gasteiger partial charge is 0.319 e. The normalized spacial score (nSPS) is 20.2. The number of nitrogens with two attached hydrogens (primary N) is 1. The number of amides is 2. The molecule has 0 unspecified atom stereocenters. The first-order valence-electron chi connectivity index (χ1n) is 14.6. The van der Waals surface area contributed by atoms with Gasteiger partial charge in [0.05, 0.1) is 11.4 Å². The van der Waals surface area contributed by atoms with E-state index in [1.165, 1.54) is 19.2 Å². The number of nitrogens with one attached hydrogen (secondary N) is 2. The number of nitrogens with zero attached hydrogens (tertiary/aromatic N) is 6. The number of urea groups is 1. The quantitative estimate of drug-likeness (QED) is 0.323. The van der Waals surface area contributed by atoms with Crippen LogP contribution in [-0.2, 0) is 6.54 Å². The highest BCUT2D eigenvalue weighted by Crippen LogP contribution is 2.37. The summed E-state index contributed by atoms with van der Waals surface area (Å²) in [6.07, 6.45) is 6.03. The molecule has 4 aromatic rings. The van der Waals surface area contributed by atoms with Crippen molar-refractivity contribution in [3.63, 3.8) is 0 Å². The molecule has 10 heteroatoms. The van der Waals surface area contributed by atoms with Crippen LogP contribution in [0.2, 0.25) is 0 Å². The molecule has 1 aliphatic heterocycles. The number of hydrogen-bond donors (Lipinski definition) is 3. The van der Waals surface area contributed by atoms with Gasteiger partial charge in [0.2, 0.25) is 0 Å². The van der Waals surface area contributed by atoms with Gasteiger partial charge in [-0.3, -0.25) is 4.90 Å². The number of benzene rings is 2. The number of aryl methyl sites for hydroxylation is 1. The first-order valence-corrected chi connectivity index (χ1v) is 14.6. The summed E-state index contributed by atoms with van der Waals surface area (Å²) in [5.41, 5.74) is 11.8. The average Bonchev–Trinajstić information content (AvgIpc) is 3.38. The maximum absolute atomic E-state index is 12.4. The van der Waals surface area contributed by atoms with Gasteiger partial charge in [0, 0.05) is 50.0 Å². The van der Waals surface area contributed by atoms with Crippen LogP contribution in [0.15, 0.2) is 54.9 Å². The maximum atomic E-state index is 12.4. The van der Waals surface area contributed by atoms with Gasteiger partial charge in [0.25, 0.3) is 0 Å². The number of hydrogen-bond acceptors (Lipinski definition) is 7. The Bertz CT molecular complexity index is 1500. The van der Waals surface area contributed by atoms with Gasteiger partial charge in [-0.25, -0.2) is 19.4 Å². The molecule has 4 N–H and O–H groups in total. The van der Waals surface area contributed by atoms with Crippen molar-refractivity contribution in [3.8, 4) is 11.3 Å². The predicted octanol–water partition coefficient (Wildman–Crippen LogP) is 4.44. The number of carbonyl (C=O) groups excluding carboxylic acids is 1. The lowest BCUT2D eigenvalue weighted by atomic mass is 9.90. The highest BCUT2D eigenvalue weighted by molar-refractivity contribution is 5.98. The molecular weight excluding hydrogens is 514 g/mol. The Hall–Kier alpha value is -4.02. The van der Waals surface area contributed by atoms with Gasteiger partial charge in [-0.2, -0.15) is 5.10 Å². The van der Waals surface area contributed by atoms with Crippen molar-refractivity contribution in [1.82, 2.24) is 34.9 Å². The van der Waals surface area contributed by atoms with Crippen molar-refractivity contribution < 1.29 is 4.79 Å². The zero-order valence-electron chi connectivity index (χ0n) is 23.9. The number of nitrogen functional groups attached to an aromatic ring is 1. The lowest BCUT2D eigenvalue weighted by Crippen LogP contribution is -2.49. The summed E-state index contributed by atoms with van der Waals surface area (Å²) in [6, 6.07) is 16.5. The average molecular weight is 554 g/mol. The molecule has 2 aromatic heterocycles. The van der Waals surface area contributed by atoms with Gasteiger partial charge in [0.15, 0.2) is 5.65 Å². The molecule has 1 aliphatic carbocycles. The van der Waals surface area contributed by atoms with Crippen molar-refractivity contribution in [2.24, 2.45) is 0 Å². The van der Waals surface area contributed by atoms with E-state index in [-0.39, 0.29) is 6.03 Å². The van der Waals surface area contributed by atoms with Crippen LogP contribution in [0.3, 0.4) is 0 Å². The van der Waals surface area contributed by atoms with Crippen LogP contribution in [0.1, 0.15) is 42.9 Å². The van der Waals surface area contributed by atoms with Crippen molar-refractivity contribution >= 4 is 28.6 Å².